The standard InChI is InChI=1S/C21H26ClN3O3S2/c22-19-5-3-17(4-6-19)16-23-11-13-24(14-12-23)21(26)18-7-9-25(10-8-18)30(27,28)20-2-1-15-29-20/h1-6,15,18H,7-14,16H2. The number of benzene rings is 1. The SMILES string of the molecule is O=C(C1CCN(S(=O)(=O)c2cccs2)CC1)N1CCN(Cc2ccc(Cl)cc2)CC1. The van der Waals surface area contributed by atoms with Gasteiger partial charge in [-0.2, -0.15) is 4.31 Å². The third kappa shape index (κ3) is 4.89. The van der Waals surface area contributed by atoms with E-state index in [0.29, 0.717) is 30.1 Å². The second kappa shape index (κ2) is 9.36. The zero-order valence-electron chi connectivity index (χ0n) is 16.7. The molecule has 2 aliphatic heterocycles. The van der Waals surface area contributed by atoms with Crippen LogP contribution >= 0.6 is 22.9 Å². The minimum absolute atomic E-state index is 0.0809. The van der Waals surface area contributed by atoms with Crippen LogP contribution in [0.3, 0.4) is 0 Å². The van der Waals surface area contributed by atoms with E-state index in [4.69, 9.17) is 11.6 Å². The van der Waals surface area contributed by atoms with E-state index in [1.54, 1.807) is 17.5 Å². The Morgan fingerprint density at radius 2 is 1.67 bits per heavy atom. The van der Waals surface area contributed by atoms with Crippen molar-refractivity contribution in [2.24, 2.45) is 5.92 Å². The minimum Gasteiger partial charge on any atom is -0.340 e. The molecule has 1 aromatic carbocycles. The van der Waals surface area contributed by atoms with Crippen molar-refractivity contribution in [1.82, 2.24) is 14.1 Å². The highest BCUT2D eigenvalue weighted by Gasteiger charge is 2.34. The van der Waals surface area contributed by atoms with E-state index in [2.05, 4.69) is 4.90 Å². The summed E-state index contributed by atoms with van der Waals surface area (Å²) in [6.45, 7) is 4.82. The predicted molar refractivity (Wildman–Crippen MR) is 119 cm³/mol. The Labute approximate surface area is 187 Å². The first-order valence-corrected chi connectivity index (χ1v) is 12.9. The van der Waals surface area contributed by atoms with Gasteiger partial charge in [0, 0.05) is 56.8 Å². The lowest BCUT2D eigenvalue weighted by molar-refractivity contribution is -0.138. The molecule has 2 saturated heterocycles. The summed E-state index contributed by atoms with van der Waals surface area (Å²) in [5.41, 5.74) is 1.22. The van der Waals surface area contributed by atoms with E-state index in [9.17, 15) is 13.2 Å². The smallest absolute Gasteiger partial charge is 0.252 e. The van der Waals surface area contributed by atoms with Crippen molar-refractivity contribution in [2.45, 2.75) is 23.6 Å². The number of hydrogen-bond acceptors (Lipinski definition) is 5. The quantitative estimate of drug-likeness (QED) is 0.677. The van der Waals surface area contributed by atoms with Gasteiger partial charge in [-0.05, 0) is 42.0 Å². The monoisotopic (exact) mass is 467 g/mol. The molecular formula is C21H26ClN3O3S2. The summed E-state index contributed by atoms with van der Waals surface area (Å²) in [5.74, 6) is 0.0944. The molecule has 30 heavy (non-hydrogen) atoms. The summed E-state index contributed by atoms with van der Waals surface area (Å²) in [4.78, 5) is 17.3. The lowest BCUT2D eigenvalue weighted by Gasteiger charge is -2.38. The van der Waals surface area contributed by atoms with Crippen molar-refractivity contribution >= 4 is 38.9 Å². The third-order valence-electron chi connectivity index (χ3n) is 5.90. The van der Waals surface area contributed by atoms with Gasteiger partial charge in [0.25, 0.3) is 10.0 Å². The number of halogens is 1. The molecule has 9 heteroatoms. The van der Waals surface area contributed by atoms with Crippen LogP contribution in [-0.2, 0) is 21.4 Å². The van der Waals surface area contributed by atoms with Gasteiger partial charge in [-0.1, -0.05) is 29.8 Å². The fourth-order valence-corrected chi connectivity index (χ4v) is 6.85. The summed E-state index contributed by atoms with van der Waals surface area (Å²) in [6, 6.07) is 11.3. The van der Waals surface area contributed by atoms with Crippen LogP contribution in [0.2, 0.25) is 5.02 Å². The first kappa shape index (κ1) is 21.8. The minimum atomic E-state index is -3.42. The summed E-state index contributed by atoms with van der Waals surface area (Å²) < 4.78 is 27.2. The van der Waals surface area contributed by atoms with E-state index in [1.807, 2.05) is 29.2 Å². The second-order valence-electron chi connectivity index (χ2n) is 7.84. The molecular weight excluding hydrogens is 442 g/mol. The molecule has 0 saturated carbocycles. The molecule has 4 rings (SSSR count). The van der Waals surface area contributed by atoms with Gasteiger partial charge < -0.3 is 4.90 Å². The van der Waals surface area contributed by atoms with Crippen LogP contribution in [0.5, 0.6) is 0 Å². The molecule has 0 unspecified atom stereocenters. The number of piperazine rings is 1. The number of hydrogen-bond donors (Lipinski definition) is 0. The highest BCUT2D eigenvalue weighted by molar-refractivity contribution is 7.91. The molecule has 0 aliphatic carbocycles. The number of rotatable bonds is 5. The van der Waals surface area contributed by atoms with Crippen LogP contribution in [-0.4, -0.2) is 67.7 Å². The maximum absolute atomic E-state index is 13.0. The summed E-state index contributed by atoms with van der Waals surface area (Å²) in [5, 5.41) is 2.51. The second-order valence-corrected chi connectivity index (χ2v) is 11.4. The van der Waals surface area contributed by atoms with Crippen molar-refractivity contribution in [1.29, 1.82) is 0 Å². The Morgan fingerprint density at radius 1 is 1.00 bits per heavy atom. The Bertz CT molecular complexity index is 948. The van der Waals surface area contributed by atoms with Gasteiger partial charge in [0.15, 0.2) is 0 Å². The van der Waals surface area contributed by atoms with E-state index in [1.165, 1.54) is 21.2 Å². The average molecular weight is 468 g/mol. The molecule has 0 spiro atoms. The van der Waals surface area contributed by atoms with E-state index >= 15 is 0 Å². The molecule has 1 aromatic heterocycles. The van der Waals surface area contributed by atoms with E-state index in [-0.39, 0.29) is 11.8 Å². The number of piperidine rings is 1. The zero-order chi connectivity index (χ0) is 21.1. The van der Waals surface area contributed by atoms with Crippen LogP contribution in [0.25, 0.3) is 0 Å². The van der Waals surface area contributed by atoms with Crippen molar-refractivity contribution in [2.75, 3.05) is 39.3 Å². The molecule has 3 heterocycles. The molecule has 2 fully saturated rings. The van der Waals surface area contributed by atoms with Gasteiger partial charge in [-0.25, -0.2) is 8.42 Å². The maximum Gasteiger partial charge on any atom is 0.252 e. The molecule has 0 N–H and O–H groups in total. The molecule has 1 amide bonds. The molecule has 2 aromatic rings. The van der Waals surface area contributed by atoms with Gasteiger partial charge in [-0.15, -0.1) is 11.3 Å². The van der Waals surface area contributed by atoms with Gasteiger partial charge >= 0.3 is 0 Å². The van der Waals surface area contributed by atoms with Crippen LogP contribution in [0.15, 0.2) is 46.0 Å². The lowest BCUT2D eigenvalue weighted by atomic mass is 9.96. The summed E-state index contributed by atoms with van der Waals surface area (Å²) >= 11 is 7.19. The molecule has 2 aliphatic rings. The third-order valence-corrected chi connectivity index (χ3v) is 9.42. The van der Waals surface area contributed by atoms with Gasteiger partial charge in [0.2, 0.25) is 5.91 Å². The highest BCUT2D eigenvalue weighted by Crippen LogP contribution is 2.27. The topological polar surface area (TPSA) is 60.9 Å². The maximum atomic E-state index is 13.0. The van der Waals surface area contributed by atoms with Gasteiger partial charge in [0.1, 0.15) is 4.21 Å². The van der Waals surface area contributed by atoms with Crippen LogP contribution in [0.1, 0.15) is 18.4 Å². The number of nitrogens with zero attached hydrogens (tertiary/aromatic N) is 3. The highest BCUT2D eigenvalue weighted by atomic mass is 35.5. The molecule has 6 nitrogen and oxygen atoms in total. The molecule has 162 valence electrons. The van der Waals surface area contributed by atoms with E-state index in [0.717, 1.165) is 37.7 Å². The first-order valence-electron chi connectivity index (χ1n) is 10.2. The van der Waals surface area contributed by atoms with Crippen molar-refractivity contribution in [3.8, 4) is 0 Å². The predicted octanol–water partition coefficient (Wildman–Crippen LogP) is 3.15. The molecule has 0 radical (unpaired) electrons. The number of sulfonamides is 1. The number of carbonyl (C=O) groups is 1. The number of carbonyl (C=O) groups excluding carboxylic acids is 1. The lowest BCUT2D eigenvalue weighted by Crippen LogP contribution is -2.51. The van der Waals surface area contributed by atoms with Crippen molar-refractivity contribution in [3.05, 3.63) is 52.4 Å². The Balaban J connectivity index is 1.26. The van der Waals surface area contributed by atoms with Crippen LogP contribution in [0, 0.1) is 5.92 Å². The summed E-state index contributed by atoms with van der Waals surface area (Å²) in [7, 11) is -3.42. The van der Waals surface area contributed by atoms with Crippen molar-refractivity contribution in [3.63, 3.8) is 0 Å². The van der Waals surface area contributed by atoms with Crippen LogP contribution in [0.4, 0.5) is 0 Å². The Hall–Kier alpha value is -1.45. The Morgan fingerprint density at radius 3 is 2.27 bits per heavy atom. The normalized spacial score (nSPS) is 19.8. The average Bonchev–Trinajstić information content (AvgIpc) is 3.31. The van der Waals surface area contributed by atoms with Crippen LogP contribution < -0.4 is 0 Å². The first-order chi connectivity index (χ1) is 14.4. The zero-order valence-corrected chi connectivity index (χ0v) is 19.1. The number of amides is 1. The Kier molecular flexibility index (Phi) is 6.79. The number of thiophene rings is 1. The van der Waals surface area contributed by atoms with Crippen molar-refractivity contribution < 1.29 is 13.2 Å². The van der Waals surface area contributed by atoms with Gasteiger partial charge in [0.05, 0.1) is 0 Å². The van der Waals surface area contributed by atoms with Gasteiger partial charge in [-0.3, -0.25) is 9.69 Å². The largest absolute Gasteiger partial charge is 0.340 e. The molecule has 0 bridgehead atoms. The van der Waals surface area contributed by atoms with E-state index < -0.39 is 10.0 Å². The summed E-state index contributed by atoms with van der Waals surface area (Å²) in [6.07, 6.45) is 1.18. The fourth-order valence-electron chi connectivity index (χ4n) is 4.11. The molecule has 0 atom stereocenters. The fraction of sp³-hybridized carbons (Fsp3) is 0.476.